The van der Waals surface area contributed by atoms with Crippen molar-refractivity contribution in [1.82, 2.24) is 0 Å². The molecule has 0 amide bonds. The number of benzene rings is 1. The lowest BCUT2D eigenvalue weighted by Gasteiger charge is -2.40. The van der Waals surface area contributed by atoms with Crippen molar-refractivity contribution in [2.75, 3.05) is 6.26 Å². The van der Waals surface area contributed by atoms with Gasteiger partial charge in [-0.05, 0) is 54.5 Å². The maximum atomic E-state index is 10.8. The van der Waals surface area contributed by atoms with Crippen molar-refractivity contribution in [2.24, 2.45) is 0 Å². The fourth-order valence-corrected chi connectivity index (χ4v) is 5.58. The van der Waals surface area contributed by atoms with Gasteiger partial charge in [0.1, 0.15) is 54.4 Å². The highest BCUT2D eigenvalue weighted by molar-refractivity contribution is 7.99. The van der Waals surface area contributed by atoms with Crippen LogP contribution in [0.25, 0.3) is 0 Å². The van der Waals surface area contributed by atoms with E-state index >= 15 is 0 Å². The second kappa shape index (κ2) is 9.68. The van der Waals surface area contributed by atoms with Crippen LogP contribution in [0.3, 0.4) is 0 Å². The van der Waals surface area contributed by atoms with Gasteiger partial charge in [-0.2, -0.15) is 0 Å². The van der Waals surface area contributed by atoms with Gasteiger partial charge in [0.15, 0.2) is 0 Å². The Morgan fingerprint density at radius 3 is 2.58 bits per heavy atom. The minimum Gasteiger partial charge on any atom is -0.466 e. The van der Waals surface area contributed by atoms with Gasteiger partial charge in [0.2, 0.25) is 0 Å². The Labute approximate surface area is 198 Å². The van der Waals surface area contributed by atoms with Crippen molar-refractivity contribution in [3.05, 3.63) is 83.2 Å². The Morgan fingerprint density at radius 1 is 1.06 bits per heavy atom. The molecule has 176 valence electrons. The van der Waals surface area contributed by atoms with Crippen LogP contribution in [0.2, 0.25) is 0 Å². The molecule has 2 fully saturated rings. The van der Waals surface area contributed by atoms with Crippen LogP contribution in [0.1, 0.15) is 60.3 Å². The number of ether oxygens (including phenoxy) is 3. The smallest absolute Gasteiger partial charge is 0.150 e. The topological polar surface area (TPSA) is 88.4 Å². The van der Waals surface area contributed by atoms with Gasteiger partial charge < -0.3 is 29.5 Å². The van der Waals surface area contributed by atoms with Gasteiger partial charge >= 0.3 is 0 Å². The number of aliphatic hydroxyl groups is 3. The molecule has 1 saturated carbocycles. The molecular weight excluding hydrogens is 440 g/mol. The van der Waals surface area contributed by atoms with Gasteiger partial charge in [-0.25, -0.2) is 0 Å². The summed E-state index contributed by atoms with van der Waals surface area (Å²) in [5.74, 6) is 1.10. The van der Waals surface area contributed by atoms with Crippen molar-refractivity contribution in [3.8, 4) is 0 Å². The van der Waals surface area contributed by atoms with Gasteiger partial charge in [0.25, 0.3) is 0 Å². The average Bonchev–Trinajstić information content (AvgIpc) is 3.70. The average molecular weight is 471 g/mol. The third-order valence-corrected chi connectivity index (χ3v) is 7.65. The van der Waals surface area contributed by atoms with Crippen molar-refractivity contribution in [2.45, 2.75) is 67.4 Å². The van der Waals surface area contributed by atoms with E-state index in [4.69, 9.17) is 14.2 Å². The summed E-state index contributed by atoms with van der Waals surface area (Å²) in [6.45, 7) is 0. The Hall–Kier alpha value is -2.03. The first-order valence-electron chi connectivity index (χ1n) is 11.5. The standard InChI is InChI=1S/C26H30O6S/c1-33-26-24(29)22(27)23(28)25(32-26)17-9-10-18(15-7-8-15)19(13-17)21(16-5-3-2-4-6-16)20-14-30-11-12-31-20/h2-3,5,9-15,21-29H,4,6-8H2,1H3/t21?,22-,23-,24+,25+,26?/m1/s1. The highest BCUT2D eigenvalue weighted by Crippen LogP contribution is 2.48. The van der Waals surface area contributed by atoms with Crippen molar-refractivity contribution < 1.29 is 29.5 Å². The Bertz CT molecular complexity index is 992. The molecule has 0 aromatic heterocycles. The molecule has 0 bridgehead atoms. The molecule has 6 nitrogen and oxygen atoms in total. The second-order valence-corrected chi connectivity index (χ2v) is 9.92. The lowest BCUT2D eigenvalue weighted by Crippen LogP contribution is -2.52. The number of hydrogen-bond acceptors (Lipinski definition) is 7. The zero-order chi connectivity index (χ0) is 22.9. The van der Waals surface area contributed by atoms with Crippen molar-refractivity contribution >= 4 is 11.8 Å². The van der Waals surface area contributed by atoms with Gasteiger partial charge in [0.05, 0.1) is 5.92 Å². The normalized spacial score (nSPS) is 32.4. The molecular formula is C26H30O6S. The first-order chi connectivity index (χ1) is 16.1. The quantitative estimate of drug-likeness (QED) is 0.576. The van der Waals surface area contributed by atoms with Crippen LogP contribution in [0, 0.1) is 0 Å². The predicted molar refractivity (Wildman–Crippen MR) is 126 cm³/mol. The molecule has 5 rings (SSSR count). The third-order valence-electron chi connectivity index (χ3n) is 6.79. The van der Waals surface area contributed by atoms with E-state index in [0.717, 1.165) is 42.6 Å². The minimum absolute atomic E-state index is 0.122. The van der Waals surface area contributed by atoms with Gasteiger partial charge in [-0.1, -0.05) is 42.0 Å². The summed E-state index contributed by atoms with van der Waals surface area (Å²) >= 11 is 1.32. The number of thioether (sulfide) groups is 1. The van der Waals surface area contributed by atoms with Gasteiger partial charge in [-0.15, -0.1) is 11.8 Å². The van der Waals surface area contributed by atoms with Crippen LogP contribution in [0.4, 0.5) is 0 Å². The maximum absolute atomic E-state index is 10.8. The largest absolute Gasteiger partial charge is 0.466 e. The molecule has 2 heterocycles. The van der Waals surface area contributed by atoms with E-state index in [1.54, 1.807) is 12.5 Å². The molecule has 7 heteroatoms. The summed E-state index contributed by atoms with van der Waals surface area (Å²) in [5, 5.41) is 31.5. The Balaban J connectivity index is 1.58. The first kappa shape index (κ1) is 22.7. The summed E-state index contributed by atoms with van der Waals surface area (Å²) in [6.07, 6.45) is 12.7. The third kappa shape index (κ3) is 4.53. The van der Waals surface area contributed by atoms with Crippen LogP contribution in [0.5, 0.6) is 0 Å². The summed E-state index contributed by atoms with van der Waals surface area (Å²) in [7, 11) is 0. The molecule has 3 N–H and O–H groups in total. The van der Waals surface area contributed by atoms with Crippen LogP contribution >= 0.6 is 11.8 Å². The SMILES string of the molecule is CSC1O[C@@H](c2ccc(C3CC3)c(C(C3=CC=CCC3)C3=COC=CO3)c2)[C@H](O)[C@@H](O)[C@@H]1O. The van der Waals surface area contributed by atoms with Crippen LogP contribution in [-0.4, -0.2) is 45.3 Å². The van der Waals surface area contributed by atoms with E-state index in [-0.39, 0.29) is 5.92 Å². The molecule has 0 radical (unpaired) electrons. The zero-order valence-electron chi connectivity index (χ0n) is 18.5. The van der Waals surface area contributed by atoms with Crippen LogP contribution < -0.4 is 0 Å². The molecule has 1 saturated heterocycles. The minimum atomic E-state index is -1.28. The van der Waals surface area contributed by atoms with E-state index in [9.17, 15) is 15.3 Å². The molecule has 1 aromatic rings. The van der Waals surface area contributed by atoms with E-state index in [1.807, 2.05) is 12.3 Å². The van der Waals surface area contributed by atoms with Crippen molar-refractivity contribution in [3.63, 3.8) is 0 Å². The fourth-order valence-electron chi connectivity index (χ4n) is 4.91. The van der Waals surface area contributed by atoms with Crippen LogP contribution in [-0.2, 0) is 14.2 Å². The highest BCUT2D eigenvalue weighted by atomic mass is 32.2. The molecule has 33 heavy (non-hydrogen) atoms. The molecule has 1 aromatic carbocycles. The monoisotopic (exact) mass is 470 g/mol. The lowest BCUT2D eigenvalue weighted by atomic mass is 9.80. The predicted octanol–water partition coefficient (Wildman–Crippen LogP) is 4.13. The lowest BCUT2D eigenvalue weighted by molar-refractivity contribution is -0.200. The van der Waals surface area contributed by atoms with E-state index in [0.29, 0.717) is 5.92 Å². The maximum Gasteiger partial charge on any atom is 0.150 e. The molecule has 2 aliphatic carbocycles. The van der Waals surface area contributed by atoms with Crippen molar-refractivity contribution in [1.29, 1.82) is 0 Å². The summed E-state index contributed by atoms with van der Waals surface area (Å²) in [4.78, 5) is 0. The highest BCUT2D eigenvalue weighted by Gasteiger charge is 2.44. The van der Waals surface area contributed by atoms with Gasteiger partial charge in [-0.3, -0.25) is 0 Å². The summed E-state index contributed by atoms with van der Waals surface area (Å²) in [6, 6.07) is 6.18. The van der Waals surface area contributed by atoms with E-state index < -0.39 is 29.9 Å². The molecule has 6 atom stereocenters. The zero-order valence-corrected chi connectivity index (χ0v) is 19.4. The first-order valence-corrected chi connectivity index (χ1v) is 12.8. The summed E-state index contributed by atoms with van der Waals surface area (Å²) < 4.78 is 17.4. The Morgan fingerprint density at radius 2 is 1.91 bits per heavy atom. The van der Waals surface area contributed by atoms with E-state index in [2.05, 4.69) is 30.4 Å². The fraction of sp³-hybridized carbons (Fsp3) is 0.462. The number of rotatable bonds is 6. The molecule has 0 spiro atoms. The Kier molecular flexibility index (Phi) is 6.67. The molecule has 4 aliphatic rings. The van der Waals surface area contributed by atoms with Gasteiger partial charge in [0, 0.05) is 0 Å². The number of allylic oxidation sites excluding steroid dienone is 4. The molecule has 2 aliphatic heterocycles. The number of aliphatic hydroxyl groups excluding tert-OH is 3. The molecule has 2 unspecified atom stereocenters. The second-order valence-electron chi connectivity index (χ2n) is 8.98. The number of hydrogen-bond donors (Lipinski definition) is 3. The van der Waals surface area contributed by atoms with Crippen LogP contribution in [0.15, 0.2) is 66.5 Å². The van der Waals surface area contributed by atoms with E-state index in [1.165, 1.54) is 29.2 Å². The summed E-state index contributed by atoms with van der Waals surface area (Å²) in [5.41, 5.74) is 3.77.